The van der Waals surface area contributed by atoms with Crippen LogP contribution in [-0.2, 0) is 43.2 Å². The molecular formula is C69H132N10O10S. The lowest BCUT2D eigenvalue weighted by molar-refractivity contribution is -0.149. The number of nitrogens with zero attached hydrogens (tertiary/aromatic N) is 1. The topological polar surface area (TPSA) is 327 Å². The van der Waals surface area contributed by atoms with Crippen LogP contribution in [0.5, 0.6) is 0 Å². The number of amides is 8. The largest absolute Gasteiger partial charge is 0.480 e. The molecule has 90 heavy (non-hydrogen) atoms. The first-order valence-corrected chi connectivity index (χ1v) is 37.1. The molecule has 6 atom stereocenters. The molecule has 0 aromatic rings. The molecule has 1 unspecified atom stereocenters. The highest BCUT2D eigenvalue weighted by atomic mass is 32.2. The lowest BCUT2D eigenvalue weighted by Gasteiger charge is -2.24. The second-order valence-electron chi connectivity index (χ2n) is 25.3. The average Bonchev–Trinajstić information content (AvgIpc) is 2.09. The number of hydrogen-bond acceptors (Lipinski definition) is 12. The molecule has 0 radical (unpaired) electrons. The van der Waals surface area contributed by atoms with Gasteiger partial charge in [-0.3, -0.25) is 38.4 Å². The van der Waals surface area contributed by atoms with Gasteiger partial charge in [0.2, 0.25) is 47.3 Å². The minimum atomic E-state index is -0.990. The summed E-state index contributed by atoms with van der Waals surface area (Å²) in [5, 5.41) is 26.2. The number of carboxylic acids is 1. The number of aliphatic carboxylic acids is 1. The summed E-state index contributed by atoms with van der Waals surface area (Å²) < 4.78 is 0. The fraction of sp³-hybridized carbons (Fsp3) is 0.870. The Balaban J connectivity index is 0.00000176. The van der Waals surface area contributed by atoms with Crippen LogP contribution in [0.3, 0.4) is 0 Å². The predicted molar refractivity (Wildman–Crippen MR) is 367 cm³/mol. The highest BCUT2D eigenvalue weighted by Gasteiger charge is 2.36. The molecule has 13 N–H and O–H groups in total. The molecule has 0 aromatic carbocycles. The first-order valence-electron chi connectivity index (χ1n) is 35.9. The summed E-state index contributed by atoms with van der Waals surface area (Å²) in [5.74, 6) is -2.95. The highest BCUT2D eigenvalue weighted by molar-refractivity contribution is 7.99. The summed E-state index contributed by atoms with van der Waals surface area (Å²) in [5.41, 5.74) is 16.7. The molecule has 0 saturated carbocycles. The van der Waals surface area contributed by atoms with Gasteiger partial charge in [-0.25, -0.2) is 4.79 Å². The van der Waals surface area contributed by atoms with Crippen LogP contribution in [0.25, 0.3) is 0 Å². The van der Waals surface area contributed by atoms with Gasteiger partial charge in [0.15, 0.2) is 0 Å². The minimum absolute atomic E-state index is 0.0298. The molecular weight excluding hydrogens is 1160 g/mol. The number of likely N-dealkylation sites (tertiary alicyclic amines) is 1. The van der Waals surface area contributed by atoms with E-state index in [1.54, 1.807) is 20.9 Å². The predicted octanol–water partition coefficient (Wildman–Crippen LogP) is 10.5. The number of unbranched alkanes of at least 4 members (excludes halogenated alkanes) is 28. The Kier molecular flexibility index (Phi) is 56.5. The first-order chi connectivity index (χ1) is 43.5. The second-order valence-corrected chi connectivity index (χ2v) is 26.4. The van der Waals surface area contributed by atoms with Gasteiger partial charge in [0, 0.05) is 57.1 Å². The molecule has 1 saturated heterocycles. The third-order valence-electron chi connectivity index (χ3n) is 17.0. The molecule has 0 spiro atoms. The number of nitrogens with two attached hydrogens (primary N) is 3. The molecule has 0 aromatic heterocycles. The van der Waals surface area contributed by atoms with Gasteiger partial charge in [-0.05, 0) is 109 Å². The van der Waals surface area contributed by atoms with Crippen LogP contribution >= 0.6 is 11.8 Å². The second kappa shape index (κ2) is 59.5. The summed E-state index contributed by atoms with van der Waals surface area (Å²) in [7, 11) is 1.62. The van der Waals surface area contributed by atoms with E-state index in [2.05, 4.69) is 45.7 Å². The Labute approximate surface area is 549 Å². The third-order valence-corrected chi connectivity index (χ3v) is 18.2. The van der Waals surface area contributed by atoms with Crippen LogP contribution in [-0.4, -0.2) is 139 Å². The van der Waals surface area contributed by atoms with E-state index in [-0.39, 0.29) is 53.5 Å². The number of nitrogens with one attached hydrogen (secondary N) is 6. The third kappa shape index (κ3) is 47.4. The Morgan fingerprint density at radius 1 is 0.478 bits per heavy atom. The summed E-state index contributed by atoms with van der Waals surface area (Å²) in [6, 6.07) is -3.00. The van der Waals surface area contributed by atoms with E-state index in [9.17, 15) is 48.3 Å². The maximum atomic E-state index is 13.1. The molecule has 21 heteroatoms. The lowest BCUT2D eigenvalue weighted by Crippen LogP contribution is -2.53. The molecule has 1 fully saturated rings. The standard InChI is InChI=1S/C39H77N3O3.C30H55N7O7S/c1-4-6-8-10-12-14-16-18-20-22-24-26-28-33-37(43)41-35-31-30-32-36(39(45)40-3)42-38(44)34-29-27-25-23-21-19-17-15-13-11-9-7-5-2;1-20(10-3-6-14-31)27(40)36-23(12-4-7-15-32)28(41)35-22(26(33)39)11-5-8-16-34-25(38)19-45-18-21(2)29(42)37-17-9-13-24(37)30(43)44/h36H,4-35H2,1-3H3,(H,40,45)(H,41,43)(H,42,44);20-24H,3-19,31-32H2,1-2H3,(H2,33,39)(H,34,38)(H,35,41)(H,36,40)(H,43,44)/t36-;20-,21+,22-,23-,24?/m00/s1. The van der Waals surface area contributed by atoms with Crippen LogP contribution in [0.4, 0.5) is 0 Å². The maximum absolute atomic E-state index is 13.1. The van der Waals surface area contributed by atoms with Crippen molar-refractivity contribution in [2.45, 2.75) is 322 Å². The maximum Gasteiger partial charge on any atom is 0.326 e. The molecule has 20 nitrogen and oxygen atoms in total. The van der Waals surface area contributed by atoms with Crippen molar-refractivity contribution in [2.24, 2.45) is 29.0 Å². The zero-order valence-corrected chi connectivity index (χ0v) is 58.1. The summed E-state index contributed by atoms with van der Waals surface area (Å²) >= 11 is 1.31. The van der Waals surface area contributed by atoms with Crippen LogP contribution in [0.15, 0.2) is 0 Å². The number of likely N-dealkylation sites (N-methyl/N-ethyl adjacent to an activating group) is 1. The molecule has 0 aliphatic carbocycles. The van der Waals surface area contributed by atoms with Gasteiger partial charge >= 0.3 is 5.97 Å². The number of carboxylic acid groups (broad SMARTS) is 1. The van der Waals surface area contributed by atoms with E-state index < -0.39 is 47.9 Å². The van der Waals surface area contributed by atoms with Gasteiger partial charge in [-0.1, -0.05) is 188 Å². The quantitative estimate of drug-likeness (QED) is 0.0254. The van der Waals surface area contributed by atoms with Crippen molar-refractivity contribution in [1.29, 1.82) is 0 Å². The van der Waals surface area contributed by atoms with E-state index in [0.29, 0.717) is 109 Å². The fourth-order valence-corrected chi connectivity index (χ4v) is 12.1. The van der Waals surface area contributed by atoms with Gasteiger partial charge in [-0.2, -0.15) is 11.8 Å². The van der Waals surface area contributed by atoms with Crippen molar-refractivity contribution in [3.05, 3.63) is 0 Å². The number of carbonyl (C=O) groups excluding carboxylic acids is 8. The number of rotatable bonds is 59. The van der Waals surface area contributed by atoms with Crippen molar-refractivity contribution in [3.63, 3.8) is 0 Å². The summed E-state index contributed by atoms with van der Waals surface area (Å²) in [6.07, 6.45) is 43.4. The number of hydrogen-bond donors (Lipinski definition) is 10. The SMILES string of the molecule is CCCCCCCCCCCCCCCC(=O)NCCCC[C@H](NC(=O)CCCCCCCCCCCCCCC)C(=O)NC.C[C@H](CSCC(=O)NCCCC[C@H](NC(=O)[C@H](CCCCN)NC(=O)[C@@H](C)CCCCN)C(N)=O)C(=O)N1CCCC1C(=O)O. The van der Waals surface area contributed by atoms with E-state index >= 15 is 0 Å². The number of primary amides is 1. The van der Waals surface area contributed by atoms with E-state index in [0.717, 1.165) is 51.4 Å². The van der Waals surface area contributed by atoms with Crippen molar-refractivity contribution in [2.75, 3.05) is 51.3 Å². The van der Waals surface area contributed by atoms with Gasteiger partial charge < -0.3 is 59.1 Å². The van der Waals surface area contributed by atoms with Crippen molar-refractivity contribution in [3.8, 4) is 0 Å². The Hall–Kier alpha value is -4.50. The Morgan fingerprint density at radius 2 is 0.889 bits per heavy atom. The monoisotopic (exact) mass is 1290 g/mol. The van der Waals surface area contributed by atoms with Crippen molar-refractivity contribution >= 4 is 65.0 Å². The first kappa shape index (κ1) is 85.5. The normalized spacial score (nSPS) is 14.5. The van der Waals surface area contributed by atoms with E-state index in [1.807, 2.05) is 0 Å². The van der Waals surface area contributed by atoms with E-state index in [4.69, 9.17) is 17.2 Å². The molecule has 8 amide bonds. The van der Waals surface area contributed by atoms with Gasteiger partial charge in [0.1, 0.15) is 24.2 Å². The summed E-state index contributed by atoms with van der Waals surface area (Å²) in [6.45, 7) is 10.5. The zero-order chi connectivity index (χ0) is 66.8. The highest BCUT2D eigenvalue weighted by Crippen LogP contribution is 2.22. The van der Waals surface area contributed by atoms with Crippen molar-refractivity contribution < 1.29 is 48.3 Å². The molecule has 1 rings (SSSR count). The molecule has 1 aliphatic rings. The van der Waals surface area contributed by atoms with Crippen LogP contribution in [0.2, 0.25) is 0 Å². The van der Waals surface area contributed by atoms with Gasteiger partial charge in [0.25, 0.3) is 0 Å². The van der Waals surface area contributed by atoms with Crippen molar-refractivity contribution in [1.82, 2.24) is 36.8 Å². The number of carbonyl (C=O) groups is 9. The zero-order valence-electron chi connectivity index (χ0n) is 57.3. The lowest BCUT2D eigenvalue weighted by atomic mass is 10.0. The summed E-state index contributed by atoms with van der Waals surface area (Å²) in [4.78, 5) is 112. The minimum Gasteiger partial charge on any atom is -0.480 e. The molecule has 1 aliphatic heterocycles. The smallest absolute Gasteiger partial charge is 0.326 e. The average molecular weight is 1290 g/mol. The Bertz CT molecular complexity index is 1900. The molecule has 0 bridgehead atoms. The molecule has 1 heterocycles. The van der Waals surface area contributed by atoms with E-state index in [1.165, 1.54) is 158 Å². The fourth-order valence-electron chi connectivity index (χ4n) is 11.2. The Morgan fingerprint density at radius 3 is 1.34 bits per heavy atom. The van der Waals surface area contributed by atoms with Crippen LogP contribution in [0.1, 0.15) is 297 Å². The van der Waals surface area contributed by atoms with Crippen LogP contribution < -0.4 is 49.1 Å². The number of thioether (sulfide) groups is 1. The van der Waals surface area contributed by atoms with Gasteiger partial charge in [0.05, 0.1) is 5.75 Å². The molecule has 524 valence electrons. The van der Waals surface area contributed by atoms with Crippen LogP contribution in [0, 0.1) is 11.8 Å². The van der Waals surface area contributed by atoms with Gasteiger partial charge in [-0.15, -0.1) is 0 Å².